The summed E-state index contributed by atoms with van der Waals surface area (Å²) in [5.74, 6) is -0.151. The minimum absolute atomic E-state index is 0.151. The van der Waals surface area contributed by atoms with Crippen LogP contribution in [0.1, 0.15) is 31.7 Å². The van der Waals surface area contributed by atoms with Crippen LogP contribution in [-0.2, 0) is 6.42 Å². The molecule has 1 aromatic rings. The van der Waals surface area contributed by atoms with Gasteiger partial charge in [0.25, 0.3) is 0 Å². The van der Waals surface area contributed by atoms with Crippen molar-refractivity contribution in [2.75, 3.05) is 7.05 Å². The van der Waals surface area contributed by atoms with Gasteiger partial charge in [-0.3, -0.25) is 0 Å². The minimum atomic E-state index is -4.63. The lowest BCUT2D eigenvalue weighted by molar-refractivity contribution is -0.274. The molecule has 0 bridgehead atoms. The van der Waals surface area contributed by atoms with E-state index in [1.165, 1.54) is 12.1 Å². The standard InChI is InChI=1S/C14H20F3NO/c1-3-5-12(18-2)9-8-11-6-4-7-13(10-11)19-14(15,16)17/h4,6-7,10,12,18H,3,5,8-9H2,1-2H3. The third-order valence-corrected chi connectivity index (χ3v) is 2.96. The van der Waals surface area contributed by atoms with Crippen LogP contribution in [0.2, 0.25) is 0 Å². The van der Waals surface area contributed by atoms with Gasteiger partial charge in [0.05, 0.1) is 0 Å². The molecule has 0 aliphatic carbocycles. The number of nitrogens with one attached hydrogen (secondary N) is 1. The van der Waals surface area contributed by atoms with Crippen LogP contribution in [0.3, 0.4) is 0 Å². The molecule has 1 unspecified atom stereocenters. The quantitative estimate of drug-likeness (QED) is 0.814. The third kappa shape index (κ3) is 6.47. The summed E-state index contributed by atoms with van der Waals surface area (Å²) in [6.45, 7) is 2.11. The van der Waals surface area contributed by atoms with Crippen molar-refractivity contribution in [2.24, 2.45) is 0 Å². The molecule has 0 saturated heterocycles. The predicted octanol–water partition coefficient (Wildman–Crippen LogP) is 3.91. The fourth-order valence-corrected chi connectivity index (χ4v) is 2.02. The monoisotopic (exact) mass is 275 g/mol. The maximum atomic E-state index is 12.1. The van der Waals surface area contributed by atoms with Crippen LogP contribution in [0.15, 0.2) is 24.3 Å². The molecule has 108 valence electrons. The number of aryl methyl sites for hydroxylation is 1. The van der Waals surface area contributed by atoms with Gasteiger partial charge in [-0.1, -0.05) is 25.5 Å². The summed E-state index contributed by atoms with van der Waals surface area (Å²) in [7, 11) is 1.91. The Morgan fingerprint density at radius 3 is 2.58 bits per heavy atom. The van der Waals surface area contributed by atoms with Crippen LogP contribution in [-0.4, -0.2) is 19.5 Å². The van der Waals surface area contributed by atoms with Gasteiger partial charge in [0.1, 0.15) is 5.75 Å². The molecule has 0 fully saturated rings. The smallest absolute Gasteiger partial charge is 0.406 e. The second kappa shape index (κ2) is 7.38. The molecule has 1 N–H and O–H groups in total. The lowest BCUT2D eigenvalue weighted by atomic mass is 10.0. The molecule has 1 rings (SSSR count). The number of halogens is 3. The van der Waals surface area contributed by atoms with Gasteiger partial charge in [-0.25, -0.2) is 0 Å². The van der Waals surface area contributed by atoms with Gasteiger partial charge in [0.15, 0.2) is 0 Å². The highest BCUT2D eigenvalue weighted by Crippen LogP contribution is 2.24. The van der Waals surface area contributed by atoms with Crippen molar-refractivity contribution in [3.8, 4) is 5.75 Å². The van der Waals surface area contributed by atoms with Gasteiger partial charge in [-0.2, -0.15) is 0 Å². The molecule has 1 atom stereocenters. The van der Waals surface area contributed by atoms with E-state index in [0.29, 0.717) is 6.04 Å². The summed E-state index contributed by atoms with van der Waals surface area (Å²) in [6, 6.07) is 6.58. The normalized spacial score (nSPS) is 13.3. The Hall–Kier alpha value is -1.23. The van der Waals surface area contributed by atoms with Crippen molar-refractivity contribution in [3.63, 3.8) is 0 Å². The Bertz CT molecular complexity index is 379. The Morgan fingerprint density at radius 1 is 1.26 bits per heavy atom. The lowest BCUT2D eigenvalue weighted by Gasteiger charge is -2.15. The number of benzene rings is 1. The van der Waals surface area contributed by atoms with E-state index in [-0.39, 0.29) is 5.75 Å². The first-order valence-electron chi connectivity index (χ1n) is 6.46. The number of ether oxygens (including phenoxy) is 1. The van der Waals surface area contributed by atoms with Crippen molar-refractivity contribution < 1.29 is 17.9 Å². The number of hydrogen-bond donors (Lipinski definition) is 1. The average molecular weight is 275 g/mol. The SMILES string of the molecule is CCCC(CCc1cccc(OC(F)(F)F)c1)NC. The Morgan fingerprint density at radius 2 is 2.00 bits per heavy atom. The van der Waals surface area contributed by atoms with Gasteiger partial charge in [0, 0.05) is 6.04 Å². The van der Waals surface area contributed by atoms with Gasteiger partial charge in [0.2, 0.25) is 0 Å². The van der Waals surface area contributed by atoms with Gasteiger partial charge < -0.3 is 10.1 Å². The van der Waals surface area contributed by atoms with E-state index in [2.05, 4.69) is 17.0 Å². The maximum Gasteiger partial charge on any atom is 0.573 e. The molecule has 2 nitrogen and oxygen atoms in total. The Balaban J connectivity index is 2.57. The van der Waals surface area contributed by atoms with Crippen LogP contribution in [0.25, 0.3) is 0 Å². The van der Waals surface area contributed by atoms with E-state index in [0.717, 1.165) is 31.2 Å². The van der Waals surface area contributed by atoms with E-state index in [1.807, 2.05) is 13.1 Å². The van der Waals surface area contributed by atoms with E-state index in [4.69, 9.17) is 0 Å². The molecule has 0 spiro atoms. The van der Waals surface area contributed by atoms with Crippen molar-refractivity contribution in [1.82, 2.24) is 5.32 Å². The van der Waals surface area contributed by atoms with Gasteiger partial charge >= 0.3 is 6.36 Å². The first kappa shape index (κ1) is 15.8. The zero-order valence-corrected chi connectivity index (χ0v) is 11.3. The van der Waals surface area contributed by atoms with Crippen LogP contribution in [0, 0.1) is 0 Å². The second-order valence-corrected chi connectivity index (χ2v) is 4.51. The highest BCUT2D eigenvalue weighted by atomic mass is 19.4. The summed E-state index contributed by atoms with van der Waals surface area (Å²) in [5, 5.41) is 3.21. The first-order chi connectivity index (χ1) is 8.94. The van der Waals surface area contributed by atoms with Gasteiger partial charge in [-0.15, -0.1) is 13.2 Å². The molecule has 1 aromatic carbocycles. The molecular formula is C14H20F3NO. The largest absolute Gasteiger partial charge is 0.573 e. The van der Waals surface area contributed by atoms with Crippen LogP contribution in [0.4, 0.5) is 13.2 Å². The number of rotatable bonds is 7. The molecule has 0 radical (unpaired) electrons. The highest BCUT2D eigenvalue weighted by Gasteiger charge is 2.31. The molecule has 0 amide bonds. The second-order valence-electron chi connectivity index (χ2n) is 4.51. The summed E-state index contributed by atoms with van der Waals surface area (Å²) >= 11 is 0. The maximum absolute atomic E-state index is 12.1. The topological polar surface area (TPSA) is 21.3 Å². The van der Waals surface area contributed by atoms with Crippen LogP contribution < -0.4 is 10.1 Å². The highest BCUT2D eigenvalue weighted by molar-refractivity contribution is 5.28. The molecule has 0 heterocycles. The zero-order chi connectivity index (χ0) is 14.3. The lowest BCUT2D eigenvalue weighted by Crippen LogP contribution is -2.25. The summed E-state index contributed by atoms with van der Waals surface area (Å²) in [6.07, 6.45) is -0.841. The number of hydrogen-bond acceptors (Lipinski definition) is 2. The molecule has 0 aliphatic heterocycles. The van der Waals surface area contributed by atoms with Gasteiger partial charge in [-0.05, 0) is 44.0 Å². The van der Waals surface area contributed by atoms with Crippen molar-refractivity contribution in [1.29, 1.82) is 0 Å². The molecule has 0 aromatic heterocycles. The van der Waals surface area contributed by atoms with Crippen molar-refractivity contribution in [3.05, 3.63) is 29.8 Å². The molecule has 5 heteroatoms. The van der Waals surface area contributed by atoms with E-state index in [1.54, 1.807) is 6.07 Å². The number of alkyl halides is 3. The minimum Gasteiger partial charge on any atom is -0.406 e. The van der Waals surface area contributed by atoms with E-state index < -0.39 is 6.36 Å². The van der Waals surface area contributed by atoms with Crippen molar-refractivity contribution >= 4 is 0 Å². The summed E-state index contributed by atoms with van der Waals surface area (Å²) in [5.41, 5.74) is 0.859. The average Bonchev–Trinajstić information content (AvgIpc) is 2.33. The molecule has 0 saturated carbocycles. The fraction of sp³-hybridized carbons (Fsp3) is 0.571. The fourth-order valence-electron chi connectivity index (χ4n) is 2.02. The van der Waals surface area contributed by atoms with Crippen LogP contribution in [0.5, 0.6) is 5.75 Å². The van der Waals surface area contributed by atoms with Crippen LogP contribution >= 0.6 is 0 Å². The Kier molecular flexibility index (Phi) is 6.15. The first-order valence-corrected chi connectivity index (χ1v) is 6.46. The zero-order valence-electron chi connectivity index (χ0n) is 11.3. The van der Waals surface area contributed by atoms with E-state index >= 15 is 0 Å². The molecule has 0 aliphatic rings. The molecular weight excluding hydrogens is 255 g/mol. The molecule has 19 heavy (non-hydrogen) atoms. The summed E-state index contributed by atoms with van der Waals surface area (Å²) < 4.78 is 40.2. The van der Waals surface area contributed by atoms with Crippen molar-refractivity contribution in [2.45, 2.75) is 45.0 Å². The third-order valence-electron chi connectivity index (χ3n) is 2.96. The predicted molar refractivity (Wildman–Crippen MR) is 69.2 cm³/mol. The van der Waals surface area contributed by atoms with E-state index in [9.17, 15) is 13.2 Å². The summed E-state index contributed by atoms with van der Waals surface area (Å²) in [4.78, 5) is 0. The Labute approximate surface area is 112 Å².